The lowest BCUT2D eigenvalue weighted by molar-refractivity contribution is 0.694. The van der Waals surface area contributed by atoms with Crippen molar-refractivity contribution in [2.24, 2.45) is 5.92 Å². The van der Waals surface area contributed by atoms with Gasteiger partial charge in [-0.15, -0.1) is 11.6 Å². The fourth-order valence-electron chi connectivity index (χ4n) is 1.51. The molecule has 0 heterocycles. The molecule has 0 amide bonds. The van der Waals surface area contributed by atoms with Gasteiger partial charge in [-0.05, 0) is 18.6 Å². The number of fused-ring (bicyclic) bond motifs is 1. The molecule has 0 spiro atoms. The van der Waals surface area contributed by atoms with E-state index in [4.69, 9.17) is 23.2 Å². The van der Waals surface area contributed by atoms with E-state index in [0.29, 0.717) is 5.92 Å². The van der Waals surface area contributed by atoms with Gasteiger partial charge < -0.3 is 5.43 Å². The summed E-state index contributed by atoms with van der Waals surface area (Å²) in [6.45, 7) is 0. The summed E-state index contributed by atoms with van der Waals surface area (Å²) in [5.74, 6) is 0.350. The fraction of sp³-hybridized carbons (Fsp3) is 0.500. The minimum atomic E-state index is -0.203. The van der Waals surface area contributed by atoms with Crippen LogP contribution in [0.5, 0.6) is 0 Å². The highest BCUT2D eigenvalue weighted by Crippen LogP contribution is 2.58. The molecule has 2 aliphatic carbocycles. The van der Waals surface area contributed by atoms with Crippen molar-refractivity contribution in [3.05, 3.63) is 22.9 Å². The molecule has 0 aliphatic heterocycles. The molecule has 2 N–H and O–H groups in total. The van der Waals surface area contributed by atoms with Gasteiger partial charge >= 0.3 is 0 Å². The van der Waals surface area contributed by atoms with Crippen LogP contribution in [0.3, 0.4) is 0 Å². The average Bonchev–Trinajstić information content (AvgIpc) is 2.62. The number of allylic oxidation sites excluding steroid dienone is 3. The van der Waals surface area contributed by atoms with E-state index in [9.17, 15) is 0 Å². The van der Waals surface area contributed by atoms with E-state index in [1.807, 2.05) is 19.2 Å². The summed E-state index contributed by atoms with van der Waals surface area (Å²) >= 11 is 12.2. The van der Waals surface area contributed by atoms with E-state index in [0.717, 1.165) is 17.2 Å². The summed E-state index contributed by atoms with van der Waals surface area (Å²) in [6, 6.07) is 0. The third kappa shape index (κ3) is 1.24. The monoisotopic (exact) mass is 204 g/mol. The Bertz CT molecular complexity index is 272. The highest BCUT2D eigenvalue weighted by molar-refractivity contribution is 6.34. The first-order valence-electron chi connectivity index (χ1n) is 3.87. The molecule has 2 rings (SSSR count). The minimum absolute atomic E-state index is 0.203. The van der Waals surface area contributed by atoms with Crippen molar-refractivity contribution in [3.8, 4) is 0 Å². The molecular formula is C8H10Cl2N2. The van der Waals surface area contributed by atoms with E-state index in [-0.39, 0.29) is 4.87 Å². The molecule has 2 atom stereocenters. The van der Waals surface area contributed by atoms with Gasteiger partial charge in [0.2, 0.25) is 0 Å². The number of nitrogens with one attached hydrogen (secondary N) is 2. The van der Waals surface area contributed by atoms with E-state index in [2.05, 4.69) is 10.9 Å². The van der Waals surface area contributed by atoms with Crippen LogP contribution < -0.4 is 10.9 Å². The number of rotatable bonds is 2. The smallest absolute Gasteiger partial charge is 0.0733 e. The van der Waals surface area contributed by atoms with Gasteiger partial charge in [-0.3, -0.25) is 0 Å². The minimum Gasteiger partial charge on any atom is -0.322 e. The van der Waals surface area contributed by atoms with Crippen LogP contribution in [0.25, 0.3) is 0 Å². The number of hydrogen-bond donors (Lipinski definition) is 2. The molecule has 0 bridgehead atoms. The topological polar surface area (TPSA) is 24.1 Å². The zero-order valence-electron chi connectivity index (χ0n) is 6.70. The summed E-state index contributed by atoms with van der Waals surface area (Å²) in [5.41, 5.74) is 6.75. The Labute approximate surface area is 81.6 Å². The predicted octanol–water partition coefficient (Wildman–Crippen LogP) is 1.73. The molecular weight excluding hydrogens is 195 g/mol. The third-order valence-electron chi connectivity index (χ3n) is 2.23. The largest absolute Gasteiger partial charge is 0.322 e. The first kappa shape index (κ1) is 8.42. The predicted molar refractivity (Wildman–Crippen MR) is 50.9 cm³/mol. The van der Waals surface area contributed by atoms with Crippen LogP contribution >= 0.6 is 23.2 Å². The molecule has 0 aromatic rings. The lowest BCUT2D eigenvalue weighted by Crippen LogP contribution is -2.27. The Hall–Kier alpha value is -0.180. The lowest BCUT2D eigenvalue weighted by Gasteiger charge is -2.13. The first-order valence-corrected chi connectivity index (χ1v) is 4.63. The lowest BCUT2D eigenvalue weighted by atomic mass is 10.1. The summed E-state index contributed by atoms with van der Waals surface area (Å²) < 4.78 is 0. The molecule has 2 nitrogen and oxygen atoms in total. The first-order chi connectivity index (χ1) is 5.65. The standard InChI is InChI=1S/C8H10Cl2N2/c1-11-12-5-2-7(9)6-4-8(6,10)3-5/h2-3,6,11-12H,4H2,1H3/t6-,8?/m0/s1. The van der Waals surface area contributed by atoms with Crippen LogP contribution in [0.1, 0.15) is 6.42 Å². The van der Waals surface area contributed by atoms with Crippen molar-refractivity contribution in [1.82, 2.24) is 10.9 Å². The van der Waals surface area contributed by atoms with Crippen molar-refractivity contribution in [3.63, 3.8) is 0 Å². The van der Waals surface area contributed by atoms with Crippen LogP contribution in [0.2, 0.25) is 0 Å². The number of hydrogen-bond acceptors (Lipinski definition) is 2. The van der Waals surface area contributed by atoms with E-state index in [1.54, 1.807) is 0 Å². The Morgan fingerprint density at radius 1 is 1.67 bits per heavy atom. The Balaban J connectivity index is 2.20. The zero-order valence-corrected chi connectivity index (χ0v) is 8.21. The summed E-state index contributed by atoms with van der Waals surface area (Å²) in [5, 5.41) is 0.852. The second-order valence-corrected chi connectivity index (χ2v) is 4.33. The molecule has 0 aromatic heterocycles. The molecule has 1 unspecified atom stereocenters. The molecule has 1 fully saturated rings. The van der Waals surface area contributed by atoms with Gasteiger partial charge in [-0.2, -0.15) is 0 Å². The second kappa shape index (κ2) is 2.66. The molecule has 1 saturated carbocycles. The van der Waals surface area contributed by atoms with Crippen LogP contribution in [-0.2, 0) is 0 Å². The maximum Gasteiger partial charge on any atom is 0.0733 e. The second-order valence-electron chi connectivity index (χ2n) is 3.19. The Kier molecular flexibility index (Phi) is 1.86. The number of halogens is 2. The number of alkyl halides is 1. The summed E-state index contributed by atoms with van der Waals surface area (Å²) in [6.07, 6.45) is 4.89. The Morgan fingerprint density at radius 2 is 2.42 bits per heavy atom. The third-order valence-corrected chi connectivity index (χ3v) is 3.13. The van der Waals surface area contributed by atoms with Crippen molar-refractivity contribution >= 4 is 23.2 Å². The average molecular weight is 205 g/mol. The fourth-order valence-corrected chi connectivity index (χ4v) is 2.34. The highest BCUT2D eigenvalue weighted by atomic mass is 35.5. The Morgan fingerprint density at radius 3 is 3.00 bits per heavy atom. The molecule has 4 heteroatoms. The van der Waals surface area contributed by atoms with Gasteiger partial charge in [-0.25, -0.2) is 5.43 Å². The summed E-state index contributed by atoms with van der Waals surface area (Å²) in [4.78, 5) is -0.203. The van der Waals surface area contributed by atoms with Crippen LogP contribution in [0.4, 0.5) is 0 Å². The molecule has 0 saturated heterocycles. The van der Waals surface area contributed by atoms with Crippen LogP contribution in [-0.4, -0.2) is 11.9 Å². The SMILES string of the molecule is CNNC1=CC2(Cl)C[C@H]2C(Cl)=C1. The van der Waals surface area contributed by atoms with Crippen molar-refractivity contribution < 1.29 is 0 Å². The van der Waals surface area contributed by atoms with Gasteiger partial charge in [0.05, 0.1) is 4.87 Å². The molecule has 0 radical (unpaired) electrons. The maximum absolute atomic E-state index is 6.20. The van der Waals surface area contributed by atoms with Gasteiger partial charge in [0.1, 0.15) is 0 Å². The molecule has 0 aromatic carbocycles. The number of hydrazine groups is 1. The summed E-state index contributed by atoms with van der Waals surface area (Å²) in [7, 11) is 1.81. The van der Waals surface area contributed by atoms with Gasteiger partial charge in [0.25, 0.3) is 0 Å². The van der Waals surface area contributed by atoms with Gasteiger partial charge in [-0.1, -0.05) is 11.6 Å². The molecule has 66 valence electrons. The van der Waals surface area contributed by atoms with E-state index >= 15 is 0 Å². The molecule has 2 aliphatic rings. The quantitative estimate of drug-likeness (QED) is 0.529. The van der Waals surface area contributed by atoms with E-state index in [1.165, 1.54) is 0 Å². The zero-order chi connectivity index (χ0) is 8.77. The van der Waals surface area contributed by atoms with Crippen LogP contribution in [0, 0.1) is 5.92 Å². The van der Waals surface area contributed by atoms with Gasteiger partial charge in [0, 0.05) is 23.7 Å². The van der Waals surface area contributed by atoms with Crippen molar-refractivity contribution in [2.45, 2.75) is 11.3 Å². The molecule has 12 heavy (non-hydrogen) atoms. The van der Waals surface area contributed by atoms with Crippen molar-refractivity contribution in [1.29, 1.82) is 0 Å². The highest BCUT2D eigenvalue weighted by Gasteiger charge is 2.54. The van der Waals surface area contributed by atoms with E-state index < -0.39 is 0 Å². The van der Waals surface area contributed by atoms with Crippen LogP contribution in [0.15, 0.2) is 22.9 Å². The normalized spacial score (nSPS) is 38.1. The van der Waals surface area contributed by atoms with Gasteiger partial charge in [0.15, 0.2) is 0 Å². The van der Waals surface area contributed by atoms with Crippen molar-refractivity contribution in [2.75, 3.05) is 7.05 Å². The maximum atomic E-state index is 6.20.